The fourth-order valence-corrected chi connectivity index (χ4v) is 4.55. The number of amides is 4. The first-order valence-corrected chi connectivity index (χ1v) is 14.5. The second-order valence-corrected chi connectivity index (χ2v) is 10.2. The van der Waals surface area contributed by atoms with Gasteiger partial charge in [0.05, 0.1) is 13.1 Å². The van der Waals surface area contributed by atoms with Crippen LogP contribution in [-0.2, 0) is 43.1 Å². The topological polar surface area (TPSA) is 216 Å². The van der Waals surface area contributed by atoms with Gasteiger partial charge in [-0.15, -0.1) is 0 Å². The fraction of sp³-hybridized carbons (Fsp3) is 0.387. The molecule has 5 N–H and O–H groups in total. The molecule has 0 saturated heterocycles. The number of benzene rings is 2. The Bertz CT molecular complexity index is 1380. The van der Waals surface area contributed by atoms with Gasteiger partial charge in [0.1, 0.15) is 19.8 Å². The van der Waals surface area contributed by atoms with Gasteiger partial charge >= 0.3 is 12.1 Å². The Morgan fingerprint density at radius 2 is 1.26 bits per heavy atom. The zero-order valence-corrected chi connectivity index (χ0v) is 25.0. The number of nitrogens with one attached hydrogen (secondary N) is 4. The first-order chi connectivity index (χ1) is 22.1. The van der Waals surface area contributed by atoms with Crippen molar-refractivity contribution in [2.45, 2.75) is 31.6 Å². The molecule has 0 radical (unpaired) electrons. The number of rotatable bonds is 20. The van der Waals surface area contributed by atoms with Crippen molar-refractivity contribution < 1.29 is 53.0 Å². The maximum Gasteiger partial charge on any atom is 0.431 e. The molecule has 0 unspecified atom stereocenters. The Balaban J connectivity index is 1.18. The lowest BCUT2D eigenvalue weighted by Crippen LogP contribution is -2.35. The molecule has 2 aromatic rings. The van der Waals surface area contributed by atoms with E-state index in [2.05, 4.69) is 26.2 Å². The Kier molecular flexibility index (Phi) is 14.3. The molecule has 0 fully saturated rings. The highest BCUT2D eigenvalue weighted by Gasteiger charge is 2.29. The van der Waals surface area contributed by atoms with Crippen molar-refractivity contribution >= 4 is 41.4 Å². The molecule has 0 spiro atoms. The number of fused-ring (bicyclic) bond motifs is 3. The lowest BCUT2D eigenvalue weighted by atomic mass is 9.98. The number of Topliss-reactive ketones (excluding diaryl/α,β-unsaturated/α-hetero) is 2. The van der Waals surface area contributed by atoms with Gasteiger partial charge < -0.3 is 30.5 Å². The summed E-state index contributed by atoms with van der Waals surface area (Å²) in [5.74, 6) is -3.77. The predicted octanol–water partition coefficient (Wildman–Crippen LogP) is 0.605. The second-order valence-electron chi connectivity index (χ2n) is 10.2. The summed E-state index contributed by atoms with van der Waals surface area (Å²) in [6.45, 7) is -1.95. The first-order valence-electron chi connectivity index (χ1n) is 14.5. The molecule has 15 nitrogen and oxygen atoms in total. The predicted molar refractivity (Wildman–Crippen MR) is 160 cm³/mol. The maximum absolute atomic E-state index is 12.1. The molecule has 0 atom stereocenters. The Hall–Kier alpha value is -5.15. The second kappa shape index (κ2) is 18.6. The molecule has 0 aliphatic heterocycles. The third-order valence-corrected chi connectivity index (χ3v) is 6.71. The van der Waals surface area contributed by atoms with Gasteiger partial charge in [-0.05, 0) is 28.7 Å². The lowest BCUT2D eigenvalue weighted by Gasteiger charge is -2.14. The van der Waals surface area contributed by atoms with E-state index in [0.29, 0.717) is 6.42 Å². The number of hydrogen-bond donors (Lipinski definition) is 5. The van der Waals surface area contributed by atoms with E-state index in [1.165, 1.54) is 0 Å². The molecule has 2 aromatic carbocycles. The molecule has 4 amide bonds. The fourth-order valence-electron chi connectivity index (χ4n) is 4.55. The van der Waals surface area contributed by atoms with Gasteiger partial charge in [-0.2, -0.15) is 5.48 Å². The normalized spacial score (nSPS) is 11.5. The van der Waals surface area contributed by atoms with Gasteiger partial charge in [0.2, 0.25) is 17.7 Å². The van der Waals surface area contributed by atoms with Crippen LogP contribution in [0.2, 0.25) is 0 Å². The number of hydroxylamine groups is 1. The first kappa shape index (κ1) is 35.3. The number of ketones is 2. The van der Waals surface area contributed by atoms with Gasteiger partial charge in [0, 0.05) is 31.7 Å². The van der Waals surface area contributed by atoms with E-state index in [4.69, 9.17) is 14.7 Å². The molecule has 0 heterocycles. The van der Waals surface area contributed by atoms with Crippen molar-refractivity contribution in [3.8, 4) is 11.1 Å². The minimum absolute atomic E-state index is 0.0777. The molecule has 246 valence electrons. The highest BCUT2D eigenvalue weighted by molar-refractivity contribution is 5.91. The van der Waals surface area contributed by atoms with Crippen molar-refractivity contribution in [3.63, 3.8) is 0 Å². The molecule has 1 aliphatic rings. The zero-order valence-electron chi connectivity index (χ0n) is 25.0. The summed E-state index contributed by atoms with van der Waals surface area (Å²) in [5.41, 5.74) is 6.41. The van der Waals surface area contributed by atoms with Crippen molar-refractivity contribution in [3.05, 3.63) is 59.7 Å². The van der Waals surface area contributed by atoms with Crippen LogP contribution in [0.5, 0.6) is 0 Å². The standard InChI is InChI=1S/C31H36N4O11/c36-20(14-33-27(38)12-11-21(37)15-34-28(39)17-44-19-30(41)42)6-5-13-32-29(40)18-46-35-31(43)45-16-26-24-9-3-1-7-22(24)23-8-2-4-10-25(23)26/h1-4,7-10,26H,5-6,11-19H2,(H,32,40)(H,33,38)(H,34,39)(H,35,43)(H,41,42). The molecular weight excluding hydrogens is 604 g/mol. The van der Waals surface area contributed by atoms with Crippen molar-refractivity contribution in [2.24, 2.45) is 0 Å². The molecule has 15 heteroatoms. The number of carboxylic acid groups (broad SMARTS) is 1. The Labute approximate surface area is 264 Å². The maximum atomic E-state index is 12.1. The zero-order chi connectivity index (χ0) is 33.3. The minimum Gasteiger partial charge on any atom is -0.480 e. The van der Waals surface area contributed by atoms with Crippen LogP contribution in [0.1, 0.15) is 42.7 Å². The molecular formula is C31H36N4O11. The van der Waals surface area contributed by atoms with Crippen LogP contribution in [0.3, 0.4) is 0 Å². The number of aliphatic carboxylic acids is 1. The average molecular weight is 641 g/mol. The Morgan fingerprint density at radius 1 is 0.674 bits per heavy atom. The third-order valence-electron chi connectivity index (χ3n) is 6.71. The molecule has 1 aliphatic carbocycles. The quantitative estimate of drug-likeness (QED) is 0.0998. The van der Waals surface area contributed by atoms with Crippen LogP contribution < -0.4 is 21.4 Å². The Morgan fingerprint density at radius 3 is 1.91 bits per heavy atom. The molecule has 46 heavy (non-hydrogen) atoms. The van der Waals surface area contributed by atoms with E-state index in [9.17, 15) is 33.6 Å². The van der Waals surface area contributed by atoms with E-state index in [-0.39, 0.29) is 57.2 Å². The van der Waals surface area contributed by atoms with E-state index in [1.807, 2.05) is 48.5 Å². The highest BCUT2D eigenvalue weighted by atomic mass is 16.7. The van der Waals surface area contributed by atoms with E-state index in [0.717, 1.165) is 22.3 Å². The van der Waals surface area contributed by atoms with E-state index in [1.54, 1.807) is 0 Å². The summed E-state index contributed by atoms with van der Waals surface area (Å²) in [5, 5.41) is 15.6. The third kappa shape index (κ3) is 12.1. The summed E-state index contributed by atoms with van der Waals surface area (Å²) < 4.78 is 9.91. The summed E-state index contributed by atoms with van der Waals surface area (Å²) in [6.07, 6.45) is -0.806. The van der Waals surface area contributed by atoms with Crippen LogP contribution in [0, 0.1) is 0 Å². The van der Waals surface area contributed by atoms with Crippen molar-refractivity contribution in [2.75, 3.05) is 46.1 Å². The largest absolute Gasteiger partial charge is 0.480 e. The van der Waals surface area contributed by atoms with E-state index < -0.39 is 55.4 Å². The summed E-state index contributed by atoms with van der Waals surface area (Å²) >= 11 is 0. The minimum atomic E-state index is -1.23. The van der Waals surface area contributed by atoms with E-state index >= 15 is 0 Å². The van der Waals surface area contributed by atoms with Crippen LogP contribution in [-0.4, -0.2) is 92.5 Å². The number of hydrogen-bond acceptors (Lipinski definition) is 10. The number of ether oxygens (including phenoxy) is 2. The lowest BCUT2D eigenvalue weighted by molar-refractivity contribution is -0.144. The molecule has 0 saturated carbocycles. The molecule has 0 aromatic heterocycles. The van der Waals surface area contributed by atoms with Gasteiger partial charge in [-0.3, -0.25) is 28.8 Å². The summed E-state index contributed by atoms with van der Waals surface area (Å²) in [7, 11) is 0. The highest BCUT2D eigenvalue weighted by Crippen LogP contribution is 2.44. The number of carboxylic acids is 1. The van der Waals surface area contributed by atoms with Crippen LogP contribution in [0.4, 0.5) is 4.79 Å². The van der Waals surface area contributed by atoms with Gasteiger partial charge in [0.15, 0.2) is 18.2 Å². The number of carbonyl (C=O) groups excluding carboxylic acids is 6. The van der Waals surface area contributed by atoms with Crippen LogP contribution >= 0.6 is 0 Å². The van der Waals surface area contributed by atoms with Crippen molar-refractivity contribution in [1.82, 2.24) is 21.4 Å². The van der Waals surface area contributed by atoms with Crippen LogP contribution in [0.25, 0.3) is 11.1 Å². The summed E-state index contributed by atoms with van der Waals surface area (Å²) in [6, 6.07) is 15.8. The smallest absolute Gasteiger partial charge is 0.431 e. The summed E-state index contributed by atoms with van der Waals surface area (Å²) in [4.78, 5) is 86.4. The number of carbonyl (C=O) groups is 7. The molecule has 3 rings (SSSR count). The van der Waals surface area contributed by atoms with Gasteiger partial charge in [-0.1, -0.05) is 48.5 Å². The SMILES string of the molecule is O=C(O)COCC(=O)NCC(=O)CCC(=O)NCC(=O)CCCNC(=O)CONC(=O)OCC1c2ccccc2-c2ccccc21. The molecule has 0 bridgehead atoms. The van der Waals surface area contributed by atoms with Crippen molar-refractivity contribution in [1.29, 1.82) is 0 Å². The van der Waals surface area contributed by atoms with Crippen LogP contribution in [0.15, 0.2) is 48.5 Å². The average Bonchev–Trinajstić information content (AvgIpc) is 3.36. The van der Waals surface area contributed by atoms with Gasteiger partial charge in [-0.25, -0.2) is 9.59 Å². The monoisotopic (exact) mass is 640 g/mol. The van der Waals surface area contributed by atoms with Gasteiger partial charge in [0.25, 0.3) is 0 Å².